The molecule has 3 fully saturated rings. The molecular weight excluding hydrogens is 234 g/mol. The zero-order valence-electron chi connectivity index (χ0n) is 12.6. The van der Waals surface area contributed by atoms with Crippen LogP contribution in [0.3, 0.4) is 0 Å². The third kappa shape index (κ3) is 2.85. The van der Waals surface area contributed by atoms with Gasteiger partial charge in [-0.15, -0.1) is 0 Å². The van der Waals surface area contributed by atoms with Crippen LogP contribution in [-0.4, -0.2) is 18.2 Å². The Morgan fingerprint density at radius 3 is 2.53 bits per heavy atom. The first-order valence-corrected chi connectivity index (χ1v) is 8.60. The molecule has 2 heteroatoms. The van der Waals surface area contributed by atoms with Gasteiger partial charge >= 0.3 is 0 Å². The topological polar surface area (TPSA) is 35.2 Å². The molecule has 19 heavy (non-hydrogen) atoms. The van der Waals surface area contributed by atoms with Gasteiger partial charge in [0.05, 0.1) is 5.60 Å². The van der Waals surface area contributed by atoms with Crippen molar-refractivity contribution in [3.8, 4) is 0 Å². The quantitative estimate of drug-likeness (QED) is 0.822. The summed E-state index contributed by atoms with van der Waals surface area (Å²) >= 11 is 0. The van der Waals surface area contributed by atoms with Crippen LogP contribution in [0.25, 0.3) is 0 Å². The summed E-state index contributed by atoms with van der Waals surface area (Å²) in [5.41, 5.74) is 6.90. The van der Waals surface area contributed by atoms with E-state index in [0.717, 1.165) is 24.4 Å². The Labute approximate surface area is 118 Å². The summed E-state index contributed by atoms with van der Waals surface area (Å²) < 4.78 is 6.22. The molecule has 2 N–H and O–H groups in total. The molecule has 0 aromatic carbocycles. The maximum absolute atomic E-state index is 6.68. The summed E-state index contributed by atoms with van der Waals surface area (Å²) in [5.74, 6) is 2.35. The Hall–Kier alpha value is -0.0800. The Morgan fingerprint density at radius 2 is 1.84 bits per heavy atom. The van der Waals surface area contributed by atoms with E-state index in [-0.39, 0.29) is 5.60 Å². The van der Waals surface area contributed by atoms with E-state index in [1.165, 1.54) is 64.2 Å². The highest BCUT2D eigenvalue weighted by Gasteiger charge is 2.42. The third-order valence-corrected chi connectivity index (χ3v) is 6.26. The van der Waals surface area contributed by atoms with Crippen molar-refractivity contribution in [2.45, 2.75) is 82.8 Å². The SMILES string of the molecule is CC1CCCC1C(N)C1CCOC2(CCCCC2)C1. The number of hydrogen-bond donors (Lipinski definition) is 1. The van der Waals surface area contributed by atoms with Gasteiger partial charge in [0.15, 0.2) is 0 Å². The second-order valence-corrected chi connectivity index (χ2v) is 7.49. The van der Waals surface area contributed by atoms with E-state index in [2.05, 4.69) is 6.92 Å². The van der Waals surface area contributed by atoms with Gasteiger partial charge in [-0.1, -0.05) is 39.0 Å². The van der Waals surface area contributed by atoms with Gasteiger partial charge in [-0.25, -0.2) is 0 Å². The average molecular weight is 265 g/mol. The van der Waals surface area contributed by atoms with Crippen LogP contribution in [-0.2, 0) is 4.74 Å². The molecule has 0 amide bonds. The summed E-state index contributed by atoms with van der Waals surface area (Å²) in [5, 5.41) is 0. The molecule has 2 nitrogen and oxygen atoms in total. The molecular formula is C17H31NO. The van der Waals surface area contributed by atoms with Crippen molar-refractivity contribution in [1.82, 2.24) is 0 Å². The van der Waals surface area contributed by atoms with E-state index in [0.29, 0.717) is 6.04 Å². The van der Waals surface area contributed by atoms with Crippen LogP contribution < -0.4 is 5.73 Å². The summed E-state index contributed by atoms with van der Waals surface area (Å²) in [6, 6.07) is 0.431. The van der Waals surface area contributed by atoms with Crippen LogP contribution in [0.2, 0.25) is 0 Å². The number of rotatable bonds is 2. The fourth-order valence-electron chi connectivity index (χ4n) is 5.03. The Kier molecular flexibility index (Phi) is 4.19. The fraction of sp³-hybridized carbons (Fsp3) is 1.00. The van der Waals surface area contributed by atoms with Gasteiger partial charge in [-0.05, 0) is 49.9 Å². The largest absolute Gasteiger partial charge is 0.375 e. The molecule has 4 atom stereocenters. The highest BCUT2D eigenvalue weighted by Crippen LogP contribution is 2.44. The molecule has 1 heterocycles. The lowest BCUT2D eigenvalue weighted by Gasteiger charge is -2.46. The first-order valence-electron chi connectivity index (χ1n) is 8.60. The first kappa shape index (κ1) is 13.9. The molecule has 3 aliphatic rings. The molecule has 110 valence electrons. The lowest BCUT2D eigenvalue weighted by atomic mass is 9.71. The second kappa shape index (κ2) is 5.73. The van der Waals surface area contributed by atoms with Crippen molar-refractivity contribution in [1.29, 1.82) is 0 Å². The van der Waals surface area contributed by atoms with Gasteiger partial charge in [0, 0.05) is 12.6 Å². The van der Waals surface area contributed by atoms with E-state index in [1.807, 2.05) is 0 Å². The smallest absolute Gasteiger partial charge is 0.0685 e. The number of ether oxygens (including phenoxy) is 1. The minimum atomic E-state index is 0.223. The van der Waals surface area contributed by atoms with Crippen LogP contribution in [0.15, 0.2) is 0 Å². The van der Waals surface area contributed by atoms with Crippen molar-refractivity contribution in [2.24, 2.45) is 23.5 Å². The summed E-state index contributed by atoms with van der Waals surface area (Å²) in [4.78, 5) is 0. The minimum Gasteiger partial charge on any atom is -0.375 e. The zero-order valence-corrected chi connectivity index (χ0v) is 12.6. The Morgan fingerprint density at radius 1 is 1.05 bits per heavy atom. The van der Waals surface area contributed by atoms with Crippen LogP contribution in [0.1, 0.15) is 71.1 Å². The van der Waals surface area contributed by atoms with E-state index in [1.54, 1.807) is 0 Å². The van der Waals surface area contributed by atoms with Crippen LogP contribution in [0, 0.1) is 17.8 Å². The minimum absolute atomic E-state index is 0.223. The maximum atomic E-state index is 6.68. The highest BCUT2D eigenvalue weighted by molar-refractivity contribution is 4.95. The van der Waals surface area contributed by atoms with Crippen molar-refractivity contribution >= 4 is 0 Å². The molecule has 1 spiro atoms. The predicted octanol–water partition coefficient (Wildman–Crippen LogP) is 3.88. The molecule has 1 saturated heterocycles. The van der Waals surface area contributed by atoms with Gasteiger partial charge < -0.3 is 10.5 Å². The highest BCUT2D eigenvalue weighted by atomic mass is 16.5. The molecule has 0 bridgehead atoms. The van der Waals surface area contributed by atoms with Crippen LogP contribution in [0.5, 0.6) is 0 Å². The fourth-order valence-corrected chi connectivity index (χ4v) is 5.03. The van der Waals surface area contributed by atoms with Gasteiger partial charge in [0.1, 0.15) is 0 Å². The Balaban J connectivity index is 1.64. The summed E-state index contributed by atoms with van der Waals surface area (Å²) in [6.45, 7) is 3.37. The van der Waals surface area contributed by atoms with Gasteiger partial charge in [0.2, 0.25) is 0 Å². The monoisotopic (exact) mass is 265 g/mol. The van der Waals surface area contributed by atoms with Gasteiger partial charge in [-0.2, -0.15) is 0 Å². The summed E-state index contributed by atoms with van der Waals surface area (Å²) in [6.07, 6.45) is 13.3. The molecule has 3 rings (SSSR count). The molecule has 2 saturated carbocycles. The maximum Gasteiger partial charge on any atom is 0.0685 e. The zero-order chi connectivity index (χ0) is 13.3. The second-order valence-electron chi connectivity index (χ2n) is 7.49. The van der Waals surface area contributed by atoms with Gasteiger partial charge in [-0.3, -0.25) is 0 Å². The summed E-state index contributed by atoms with van der Waals surface area (Å²) in [7, 11) is 0. The number of nitrogens with two attached hydrogens (primary N) is 1. The van der Waals surface area contributed by atoms with Crippen molar-refractivity contribution < 1.29 is 4.74 Å². The van der Waals surface area contributed by atoms with Gasteiger partial charge in [0.25, 0.3) is 0 Å². The van der Waals surface area contributed by atoms with Crippen molar-refractivity contribution in [2.75, 3.05) is 6.61 Å². The first-order chi connectivity index (χ1) is 9.20. The number of hydrogen-bond acceptors (Lipinski definition) is 2. The molecule has 0 aromatic heterocycles. The third-order valence-electron chi connectivity index (χ3n) is 6.26. The van der Waals surface area contributed by atoms with Crippen molar-refractivity contribution in [3.05, 3.63) is 0 Å². The molecule has 1 aliphatic heterocycles. The van der Waals surface area contributed by atoms with E-state index in [9.17, 15) is 0 Å². The van der Waals surface area contributed by atoms with Crippen LogP contribution in [0.4, 0.5) is 0 Å². The lowest BCUT2D eigenvalue weighted by Crippen LogP contribution is -2.49. The molecule has 2 aliphatic carbocycles. The standard InChI is InChI=1S/C17H31NO/c1-13-6-5-7-15(13)16(18)14-8-11-19-17(12-14)9-3-2-4-10-17/h13-16H,2-12,18H2,1H3. The Bertz CT molecular complexity index is 292. The van der Waals surface area contributed by atoms with Crippen LogP contribution >= 0.6 is 0 Å². The average Bonchev–Trinajstić information content (AvgIpc) is 2.85. The molecule has 0 radical (unpaired) electrons. The normalized spacial score (nSPS) is 40.4. The lowest BCUT2D eigenvalue weighted by molar-refractivity contribution is -0.122. The van der Waals surface area contributed by atoms with Crippen molar-refractivity contribution in [3.63, 3.8) is 0 Å². The molecule has 0 aromatic rings. The molecule has 4 unspecified atom stereocenters. The van der Waals surface area contributed by atoms with E-state index in [4.69, 9.17) is 10.5 Å². The van der Waals surface area contributed by atoms with E-state index >= 15 is 0 Å². The predicted molar refractivity (Wildman–Crippen MR) is 79.0 cm³/mol. The van der Waals surface area contributed by atoms with E-state index < -0.39 is 0 Å².